The van der Waals surface area contributed by atoms with Gasteiger partial charge >= 0.3 is 0 Å². The summed E-state index contributed by atoms with van der Waals surface area (Å²) < 4.78 is 1.18. The first kappa shape index (κ1) is 9.96. The molecule has 0 nitrogen and oxygen atoms in total. The fourth-order valence-electron chi connectivity index (χ4n) is 0.964. The second-order valence-electron chi connectivity index (χ2n) is 3.40. The Morgan fingerprint density at radius 2 is 1.80 bits per heavy atom. The van der Waals surface area contributed by atoms with Gasteiger partial charge in [0, 0.05) is 0 Å². The van der Waals surface area contributed by atoms with E-state index in [0.717, 1.165) is 0 Å². The lowest BCUT2D eigenvalue weighted by Gasteiger charge is -2.20. The molecular weight excluding hydrogens is 188 g/mol. The van der Waals surface area contributed by atoms with Gasteiger partial charge in [-0.05, 0) is 22.4 Å². The van der Waals surface area contributed by atoms with Crippen LogP contribution in [0.3, 0.4) is 0 Å². The fourth-order valence-corrected chi connectivity index (χ4v) is 1.72. The molecule has 10 heavy (non-hydrogen) atoms. The molecule has 0 unspecified atom stereocenters. The van der Waals surface area contributed by atoms with Gasteiger partial charge in [-0.3, -0.25) is 0 Å². The summed E-state index contributed by atoms with van der Waals surface area (Å²) in [6.07, 6.45) is 1.91. The Morgan fingerprint density at radius 3 is 1.80 bits per heavy atom. The van der Waals surface area contributed by atoms with Gasteiger partial charge in [-0.15, -0.1) is 0 Å². The van der Waals surface area contributed by atoms with Gasteiger partial charge < -0.3 is 0 Å². The lowest BCUT2D eigenvalue weighted by atomic mass is 9.86. The van der Waals surface area contributed by atoms with Crippen LogP contribution in [-0.4, -0.2) is 0 Å². The van der Waals surface area contributed by atoms with E-state index in [9.17, 15) is 0 Å². The van der Waals surface area contributed by atoms with Crippen LogP contribution in [0.15, 0.2) is 22.7 Å². The van der Waals surface area contributed by atoms with Crippen LogP contribution in [0.4, 0.5) is 0 Å². The SMILES string of the molecule is C=C/C(=C(/C)Br)C(C)(C)C. The number of rotatable bonds is 1. The maximum atomic E-state index is 3.76. The monoisotopic (exact) mass is 202 g/mol. The van der Waals surface area contributed by atoms with Gasteiger partial charge in [0.25, 0.3) is 0 Å². The average molecular weight is 203 g/mol. The second-order valence-corrected chi connectivity index (χ2v) is 4.59. The number of halogens is 1. The van der Waals surface area contributed by atoms with Crippen molar-refractivity contribution in [3.8, 4) is 0 Å². The van der Waals surface area contributed by atoms with Gasteiger partial charge in [-0.1, -0.05) is 49.4 Å². The molecule has 0 aliphatic rings. The van der Waals surface area contributed by atoms with Crippen LogP contribution in [-0.2, 0) is 0 Å². The van der Waals surface area contributed by atoms with E-state index in [4.69, 9.17) is 0 Å². The largest absolute Gasteiger partial charge is 0.0987 e. The predicted molar refractivity (Wildman–Crippen MR) is 51.3 cm³/mol. The van der Waals surface area contributed by atoms with Crippen molar-refractivity contribution in [2.45, 2.75) is 27.7 Å². The fraction of sp³-hybridized carbons (Fsp3) is 0.556. The van der Waals surface area contributed by atoms with E-state index >= 15 is 0 Å². The van der Waals surface area contributed by atoms with E-state index < -0.39 is 0 Å². The van der Waals surface area contributed by atoms with E-state index in [1.165, 1.54) is 10.1 Å². The molecule has 0 bridgehead atoms. The number of allylic oxidation sites excluding steroid dienone is 3. The number of hydrogen-bond donors (Lipinski definition) is 0. The summed E-state index contributed by atoms with van der Waals surface area (Å²) in [4.78, 5) is 0. The molecule has 0 saturated carbocycles. The summed E-state index contributed by atoms with van der Waals surface area (Å²) in [5.74, 6) is 0. The van der Waals surface area contributed by atoms with Gasteiger partial charge in [0.2, 0.25) is 0 Å². The van der Waals surface area contributed by atoms with Gasteiger partial charge in [0.05, 0.1) is 0 Å². The van der Waals surface area contributed by atoms with Crippen LogP contribution < -0.4 is 0 Å². The molecule has 1 heteroatoms. The van der Waals surface area contributed by atoms with Crippen molar-refractivity contribution < 1.29 is 0 Å². The lowest BCUT2D eigenvalue weighted by Crippen LogP contribution is -2.07. The molecule has 0 aromatic carbocycles. The number of hydrogen-bond acceptors (Lipinski definition) is 0. The summed E-state index contributed by atoms with van der Waals surface area (Å²) in [5, 5.41) is 0. The van der Waals surface area contributed by atoms with E-state index in [1.54, 1.807) is 0 Å². The van der Waals surface area contributed by atoms with Gasteiger partial charge in [-0.2, -0.15) is 0 Å². The smallest absolute Gasteiger partial charge is 0.00433 e. The standard InChI is InChI=1S/C9H15Br/c1-6-8(7(2)10)9(3,4)5/h6H,1H2,2-5H3/b8-7+. The molecule has 0 N–H and O–H groups in total. The van der Waals surface area contributed by atoms with Crippen LogP contribution in [0.1, 0.15) is 27.7 Å². The van der Waals surface area contributed by atoms with Crippen molar-refractivity contribution in [1.82, 2.24) is 0 Å². The highest BCUT2D eigenvalue weighted by molar-refractivity contribution is 9.11. The Morgan fingerprint density at radius 1 is 1.40 bits per heavy atom. The summed E-state index contributed by atoms with van der Waals surface area (Å²) in [7, 11) is 0. The van der Waals surface area contributed by atoms with Crippen LogP contribution in [0, 0.1) is 5.41 Å². The molecule has 0 saturated heterocycles. The first-order valence-electron chi connectivity index (χ1n) is 3.39. The van der Waals surface area contributed by atoms with E-state index in [-0.39, 0.29) is 5.41 Å². The summed E-state index contributed by atoms with van der Waals surface area (Å²) in [6.45, 7) is 12.3. The molecule has 0 atom stereocenters. The molecule has 0 amide bonds. The summed E-state index contributed by atoms with van der Waals surface area (Å²) in [6, 6.07) is 0. The summed E-state index contributed by atoms with van der Waals surface area (Å²) in [5.41, 5.74) is 1.47. The highest BCUT2D eigenvalue weighted by Gasteiger charge is 2.15. The molecule has 0 rings (SSSR count). The summed E-state index contributed by atoms with van der Waals surface area (Å²) >= 11 is 3.45. The van der Waals surface area contributed by atoms with Crippen molar-refractivity contribution in [3.63, 3.8) is 0 Å². The maximum absolute atomic E-state index is 3.76. The van der Waals surface area contributed by atoms with E-state index in [0.29, 0.717) is 0 Å². The normalized spacial score (nSPS) is 14.5. The molecule has 0 aromatic rings. The van der Waals surface area contributed by atoms with E-state index in [1.807, 2.05) is 13.0 Å². The minimum absolute atomic E-state index is 0.204. The third-order valence-corrected chi connectivity index (χ3v) is 1.81. The van der Waals surface area contributed by atoms with Gasteiger partial charge in [0.15, 0.2) is 0 Å². The molecular formula is C9H15Br. The zero-order valence-corrected chi connectivity index (χ0v) is 8.75. The van der Waals surface area contributed by atoms with Crippen molar-refractivity contribution in [2.75, 3.05) is 0 Å². The van der Waals surface area contributed by atoms with E-state index in [2.05, 4.69) is 43.3 Å². The van der Waals surface area contributed by atoms with Crippen molar-refractivity contribution in [3.05, 3.63) is 22.7 Å². The third kappa shape index (κ3) is 2.70. The van der Waals surface area contributed by atoms with Crippen LogP contribution in [0.2, 0.25) is 0 Å². The Labute approximate surface area is 72.1 Å². The zero-order valence-electron chi connectivity index (χ0n) is 7.16. The highest BCUT2D eigenvalue weighted by atomic mass is 79.9. The van der Waals surface area contributed by atoms with Crippen LogP contribution >= 0.6 is 15.9 Å². The first-order chi connectivity index (χ1) is 4.39. The molecule has 0 aromatic heterocycles. The first-order valence-corrected chi connectivity index (χ1v) is 4.18. The Balaban J connectivity index is 4.71. The van der Waals surface area contributed by atoms with Gasteiger partial charge in [-0.25, -0.2) is 0 Å². The quantitative estimate of drug-likeness (QED) is 0.567. The second kappa shape index (κ2) is 3.38. The molecule has 0 heterocycles. The third-order valence-electron chi connectivity index (χ3n) is 1.38. The van der Waals surface area contributed by atoms with Crippen molar-refractivity contribution in [1.29, 1.82) is 0 Å². The molecule has 0 spiro atoms. The predicted octanol–water partition coefficient (Wildman–Crippen LogP) is 3.89. The minimum Gasteiger partial charge on any atom is -0.0987 e. The lowest BCUT2D eigenvalue weighted by molar-refractivity contribution is 0.515. The average Bonchev–Trinajstić information content (AvgIpc) is 1.60. The van der Waals surface area contributed by atoms with Crippen LogP contribution in [0.25, 0.3) is 0 Å². The Bertz CT molecular complexity index is 154. The molecule has 0 aliphatic carbocycles. The molecule has 0 fully saturated rings. The Kier molecular flexibility index (Phi) is 3.37. The minimum atomic E-state index is 0.204. The zero-order chi connectivity index (χ0) is 8.36. The van der Waals surface area contributed by atoms with Gasteiger partial charge in [0.1, 0.15) is 0 Å². The molecule has 0 aliphatic heterocycles. The van der Waals surface area contributed by atoms with Crippen LogP contribution in [0.5, 0.6) is 0 Å². The molecule has 58 valence electrons. The highest BCUT2D eigenvalue weighted by Crippen LogP contribution is 2.30. The van der Waals surface area contributed by atoms with Crippen molar-refractivity contribution >= 4 is 15.9 Å². The van der Waals surface area contributed by atoms with Crippen molar-refractivity contribution in [2.24, 2.45) is 5.41 Å². The topological polar surface area (TPSA) is 0 Å². The Hall–Kier alpha value is -0.0400. The molecule has 0 radical (unpaired) electrons. The maximum Gasteiger partial charge on any atom is -0.00433 e.